The molecular weight excluding hydrogens is 318 g/mol. The first-order valence-corrected chi connectivity index (χ1v) is 7.05. The topological polar surface area (TPSA) is 33.5 Å². The van der Waals surface area contributed by atoms with E-state index in [1.165, 1.54) is 6.08 Å². The van der Waals surface area contributed by atoms with E-state index in [0.29, 0.717) is 5.76 Å². The van der Waals surface area contributed by atoms with Gasteiger partial charge in [-0.3, -0.25) is 4.79 Å². The van der Waals surface area contributed by atoms with Gasteiger partial charge in [0.05, 0.1) is 0 Å². The Morgan fingerprint density at radius 1 is 1.25 bits per heavy atom. The molecule has 0 fully saturated rings. The third-order valence-electron chi connectivity index (χ3n) is 3.00. The minimum atomic E-state index is -0.0931. The standard InChI is InChI=1S/C16H16BrNO2/c1-11-10-13(17)5-8-15(11)18(3)16(19)9-7-14-6-4-12(2)20-14/h4-10H,1-3H3/b9-7+. The summed E-state index contributed by atoms with van der Waals surface area (Å²) >= 11 is 3.42. The summed E-state index contributed by atoms with van der Waals surface area (Å²) in [4.78, 5) is 13.8. The number of halogens is 1. The number of hydrogen-bond donors (Lipinski definition) is 0. The van der Waals surface area contributed by atoms with Gasteiger partial charge in [-0.2, -0.15) is 0 Å². The van der Waals surface area contributed by atoms with E-state index >= 15 is 0 Å². The Hall–Kier alpha value is -1.81. The van der Waals surface area contributed by atoms with Gasteiger partial charge < -0.3 is 9.32 Å². The van der Waals surface area contributed by atoms with Crippen molar-refractivity contribution in [3.8, 4) is 0 Å². The number of benzene rings is 1. The number of carbonyl (C=O) groups is 1. The highest BCUT2D eigenvalue weighted by Gasteiger charge is 2.10. The van der Waals surface area contributed by atoms with E-state index in [1.54, 1.807) is 18.0 Å². The zero-order valence-corrected chi connectivity index (χ0v) is 13.3. The van der Waals surface area contributed by atoms with Gasteiger partial charge in [0.1, 0.15) is 11.5 Å². The van der Waals surface area contributed by atoms with Crippen molar-refractivity contribution in [1.82, 2.24) is 0 Å². The molecule has 0 bridgehead atoms. The van der Waals surface area contributed by atoms with E-state index in [0.717, 1.165) is 21.5 Å². The summed E-state index contributed by atoms with van der Waals surface area (Å²) < 4.78 is 6.40. The molecule has 3 nitrogen and oxygen atoms in total. The van der Waals surface area contributed by atoms with E-state index in [2.05, 4.69) is 15.9 Å². The van der Waals surface area contributed by atoms with Crippen LogP contribution in [-0.2, 0) is 4.79 Å². The average Bonchev–Trinajstić information content (AvgIpc) is 2.81. The van der Waals surface area contributed by atoms with Crippen molar-refractivity contribution in [2.24, 2.45) is 0 Å². The summed E-state index contributed by atoms with van der Waals surface area (Å²) in [6.45, 7) is 3.85. The van der Waals surface area contributed by atoms with Crippen LogP contribution >= 0.6 is 15.9 Å². The number of anilines is 1. The van der Waals surface area contributed by atoms with E-state index in [1.807, 2.05) is 44.2 Å². The Morgan fingerprint density at radius 3 is 2.60 bits per heavy atom. The largest absolute Gasteiger partial charge is 0.462 e. The maximum Gasteiger partial charge on any atom is 0.250 e. The van der Waals surface area contributed by atoms with Crippen LogP contribution in [-0.4, -0.2) is 13.0 Å². The van der Waals surface area contributed by atoms with Crippen LogP contribution in [0.15, 0.2) is 45.3 Å². The highest BCUT2D eigenvalue weighted by molar-refractivity contribution is 9.10. The van der Waals surface area contributed by atoms with Gasteiger partial charge in [0.25, 0.3) is 5.91 Å². The molecule has 1 heterocycles. The maximum absolute atomic E-state index is 12.1. The second-order valence-corrected chi connectivity index (χ2v) is 5.53. The summed E-state index contributed by atoms with van der Waals surface area (Å²) in [5.41, 5.74) is 1.93. The van der Waals surface area contributed by atoms with Crippen LogP contribution in [0.4, 0.5) is 5.69 Å². The first-order valence-electron chi connectivity index (χ1n) is 6.26. The summed E-state index contributed by atoms with van der Waals surface area (Å²) in [6.07, 6.45) is 3.19. The second kappa shape index (κ2) is 6.09. The predicted octanol–water partition coefficient (Wildman–Crippen LogP) is 4.34. The molecule has 2 rings (SSSR count). The number of likely N-dealkylation sites (N-methyl/N-ethyl adjacent to an activating group) is 1. The van der Waals surface area contributed by atoms with E-state index in [-0.39, 0.29) is 5.91 Å². The van der Waals surface area contributed by atoms with Crippen molar-refractivity contribution in [2.75, 3.05) is 11.9 Å². The van der Waals surface area contributed by atoms with Gasteiger partial charge in [-0.25, -0.2) is 0 Å². The molecule has 0 aliphatic heterocycles. The monoisotopic (exact) mass is 333 g/mol. The summed E-state index contributed by atoms with van der Waals surface area (Å²) in [5, 5.41) is 0. The number of rotatable bonds is 3. The fourth-order valence-electron chi connectivity index (χ4n) is 1.92. The number of hydrogen-bond acceptors (Lipinski definition) is 2. The summed E-state index contributed by atoms with van der Waals surface area (Å²) in [7, 11) is 1.76. The molecule has 0 N–H and O–H groups in total. The Labute approximate surface area is 127 Å². The Kier molecular flexibility index (Phi) is 4.45. The number of aryl methyl sites for hydroxylation is 2. The highest BCUT2D eigenvalue weighted by atomic mass is 79.9. The molecule has 0 aliphatic rings. The second-order valence-electron chi connectivity index (χ2n) is 4.61. The normalized spacial score (nSPS) is 11.0. The Balaban J connectivity index is 2.14. The number of furan rings is 1. The molecule has 0 unspecified atom stereocenters. The lowest BCUT2D eigenvalue weighted by Crippen LogP contribution is -2.24. The lowest BCUT2D eigenvalue weighted by molar-refractivity contribution is -0.113. The Morgan fingerprint density at radius 2 is 2.00 bits per heavy atom. The minimum absolute atomic E-state index is 0.0931. The van der Waals surface area contributed by atoms with Crippen molar-refractivity contribution in [1.29, 1.82) is 0 Å². The van der Waals surface area contributed by atoms with Gasteiger partial charge in [-0.05, 0) is 55.8 Å². The maximum atomic E-state index is 12.1. The zero-order valence-electron chi connectivity index (χ0n) is 11.7. The van der Waals surface area contributed by atoms with Crippen molar-refractivity contribution in [3.63, 3.8) is 0 Å². The molecule has 0 atom stereocenters. The lowest BCUT2D eigenvalue weighted by Gasteiger charge is -2.18. The summed E-state index contributed by atoms with van der Waals surface area (Å²) in [5.74, 6) is 1.41. The number of nitrogens with zero attached hydrogens (tertiary/aromatic N) is 1. The van der Waals surface area contributed by atoms with Gasteiger partial charge in [0.2, 0.25) is 0 Å². The number of amides is 1. The van der Waals surface area contributed by atoms with Crippen LogP contribution in [0.5, 0.6) is 0 Å². The fourth-order valence-corrected chi connectivity index (χ4v) is 2.40. The molecule has 0 aliphatic carbocycles. The molecule has 1 amide bonds. The van der Waals surface area contributed by atoms with Crippen molar-refractivity contribution >= 4 is 33.6 Å². The van der Waals surface area contributed by atoms with E-state index in [9.17, 15) is 4.79 Å². The van der Waals surface area contributed by atoms with E-state index < -0.39 is 0 Å². The van der Waals surface area contributed by atoms with Crippen molar-refractivity contribution in [3.05, 3.63) is 58.0 Å². The van der Waals surface area contributed by atoms with Crippen LogP contribution in [0, 0.1) is 13.8 Å². The van der Waals surface area contributed by atoms with Gasteiger partial charge in [0.15, 0.2) is 0 Å². The van der Waals surface area contributed by atoms with Crippen molar-refractivity contribution in [2.45, 2.75) is 13.8 Å². The predicted molar refractivity (Wildman–Crippen MR) is 84.8 cm³/mol. The molecule has 104 valence electrons. The van der Waals surface area contributed by atoms with Crippen LogP contribution < -0.4 is 4.90 Å². The molecule has 20 heavy (non-hydrogen) atoms. The van der Waals surface area contributed by atoms with Gasteiger partial charge in [0, 0.05) is 23.3 Å². The third-order valence-corrected chi connectivity index (χ3v) is 3.50. The molecule has 0 spiro atoms. The average molecular weight is 334 g/mol. The molecule has 1 aromatic heterocycles. The van der Waals surface area contributed by atoms with Crippen LogP contribution in [0.3, 0.4) is 0 Å². The molecule has 1 aromatic carbocycles. The highest BCUT2D eigenvalue weighted by Crippen LogP contribution is 2.23. The van der Waals surface area contributed by atoms with Crippen molar-refractivity contribution < 1.29 is 9.21 Å². The third kappa shape index (κ3) is 3.39. The molecule has 2 aromatic rings. The van der Waals surface area contributed by atoms with Gasteiger partial charge in [-0.1, -0.05) is 15.9 Å². The Bertz CT molecular complexity index is 658. The minimum Gasteiger partial charge on any atom is -0.462 e. The molecule has 4 heteroatoms. The van der Waals surface area contributed by atoms with Gasteiger partial charge >= 0.3 is 0 Å². The van der Waals surface area contributed by atoms with Crippen LogP contribution in [0.1, 0.15) is 17.1 Å². The molecule has 0 saturated carbocycles. The quantitative estimate of drug-likeness (QED) is 0.783. The van der Waals surface area contributed by atoms with E-state index in [4.69, 9.17) is 4.42 Å². The molecule has 0 saturated heterocycles. The van der Waals surface area contributed by atoms with Gasteiger partial charge in [-0.15, -0.1) is 0 Å². The first kappa shape index (κ1) is 14.6. The lowest BCUT2D eigenvalue weighted by atomic mass is 10.2. The number of carbonyl (C=O) groups excluding carboxylic acids is 1. The SMILES string of the molecule is Cc1ccc(/C=C/C(=O)N(C)c2ccc(Br)cc2C)o1. The van der Waals surface area contributed by atoms with Crippen LogP contribution in [0.25, 0.3) is 6.08 Å². The smallest absolute Gasteiger partial charge is 0.250 e. The first-order chi connectivity index (χ1) is 9.47. The molecular formula is C16H16BrNO2. The molecule has 0 radical (unpaired) electrons. The zero-order chi connectivity index (χ0) is 14.7. The summed E-state index contributed by atoms with van der Waals surface area (Å²) in [6, 6.07) is 9.53. The fraction of sp³-hybridized carbons (Fsp3) is 0.188. The van der Waals surface area contributed by atoms with Crippen LogP contribution in [0.2, 0.25) is 0 Å².